The van der Waals surface area contributed by atoms with Crippen LogP contribution in [-0.2, 0) is 4.79 Å². The maximum Gasteiger partial charge on any atom is 0.265 e. The number of rotatable bonds is 4. The maximum atomic E-state index is 12.6. The number of carbonyl (C=O) groups is 3. The molecule has 1 aliphatic rings. The largest absolute Gasteiger partial charge is 0.354 e. The lowest BCUT2D eigenvalue weighted by molar-refractivity contribution is -0.122. The number of hydrogen-bond acceptors (Lipinski definition) is 4. The van der Waals surface area contributed by atoms with E-state index in [-0.39, 0.29) is 17.7 Å². The molecule has 2 aromatic rings. The number of para-hydroxylation sites is 1. The molecule has 1 saturated heterocycles. The smallest absolute Gasteiger partial charge is 0.265 e. The van der Waals surface area contributed by atoms with Gasteiger partial charge in [0.15, 0.2) is 0 Å². The second-order valence-corrected chi connectivity index (χ2v) is 6.74. The van der Waals surface area contributed by atoms with E-state index in [1.807, 2.05) is 5.38 Å². The molecule has 0 spiro atoms. The third kappa shape index (κ3) is 4.24. The lowest BCUT2D eigenvalue weighted by atomic mass is 10.1. The fraction of sp³-hybridized carbons (Fsp3) is 0.278. The standard InChI is InChI=1S/C18H19N3O3S/c22-16(21-14-8-3-4-10-19-17(14)23)12-6-1-2-7-13(12)20-18(24)15-9-5-11-25-15/h1-2,5-7,9,11,14H,3-4,8,10H2,(H,19,23)(H,20,24)(H,21,22)/t14-/m1/s1. The van der Waals surface area contributed by atoms with E-state index in [2.05, 4.69) is 16.0 Å². The van der Waals surface area contributed by atoms with Crippen LogP contribution in [0.5, 0.6) is 0 Å². The van der Waals surface area contributed by atoms with Crippen molar-refractivity contribution in [3.05, 3.63) is 52.2 Å². The first-order valence-electron chi connectivity index (χ1n) is 8.17. The van der Waals surface area contributed by atoms with Gasteiger partial charge in [0, 0.05) is 6.54 Å². The molecule has 3 N–H and O–H groups in total. The summed E-state index contributed by atoms with van der Waals surface area (Å²) in [6.45, 7) is 0.638. The molecule has 3 rings (SSSR count). The third-order valence-electron chi connectivity index (χ3n) is 4.01. The molecule has 3 amide bonds. The van der Waals surface area contributed by atoms with Crippen molar-refractivity contribution in [2.75, 3.05) is 11.9 Å². The molecule has 1 fully saturated rings. The second kappa shape index (κ2) is 7.94. The normalized spacial score (nSPS) is 17.3. The van der Waals surface area contributed by atoms with Gasteiger partial charge in [0.2, 0.25) is 5.91 Å². The summed E-state index contributed by atoms with van der Waals surface area (Å²) in [7, 11) is 0. The van der Waals surface area contributed by atoms with Crippen LogP contribution in [0.4, 0.5) is 5.69 Å². The number of nitrogens with one attached hydrogen (secondary N) is 3. The molecule has 0 unspecified atom stereocenters. The zero-order valence-corrected chi connectivity index (χ0v) is 14.4. The Morgan fingerprint density at radius 1 is 1.08 bits per heavy atom. The summed E-state index contributed by atoms with van der Waals surface area (Å²) in [6.07, 6.45) is 2.40. The third-order valence-corrected chi connectivity index (χ3v) is 4.87. The molecule has 1 atom stereocenters. The van der Waals surface area contributed by atoms with E-state index in [9.17, 15) is 14.4 Å². The maximum absolute atomic E-state index is 12.6. The van der Waals surface area contributed by atoms with E-state index in [0.717, 1.165) is 12.8 Å². The van der Waals surface area contributed by atoms with Gasteiger partial charge in [0.1, 0.15) is 6.04 Å². The van der Waals surface area contributed by atoms with Crippen LogP contribution >= 0.6 is 11.3 Å². The zero-order valence-electron chi connectivity index (χ0n) is 13.6. The summed E-state index contributed by atoms with van der Waals surface area (Å²) in [5, 5.41) is 10.2. The van der Waals surface area contributed by atoms with Gasteiger partial charge >= 0.3 is 0 Å². The number of hydrogen-bond donors (Lipinski definition) is 3. The van der Waals surface area contributed by atoms with Crippen LogP contribution in [0.1, 0.15) is 39.3 Å². The molecule has 2 heterocycles. The fourth-order valence-electron chi connectivity index (χ4n) is 2.69. The summed E-state index contributed by atoms with van der Waals surface area (Å²) < 4.78 is 0. The Morgan fingerprint density at radius 2 is 1.92 bits per heavy atom. The quantitative estimate of drug-likeness (QED) is 0.785. The summed E-state index contributed by atoms with van der Waals surface area (Å²) >= 11 is 1.33. The van der Waals surface area contributed by atoms with Gasteiger partial charge in [0.05, 0.1) is 16.1 Å². The van der Waals surface area contributed by atoms with Crippen LogP contribution in [0.25, 0.3) is 0 Å². The van der Waals surface area contributed by atoms with E-state index < -0.39 is 6.04 Å². The van der Waals surface area contributed by atoms with Crippen molar-refractivity contribution in [1.82, 2.24) is 10.6 Å². The van der Waals surface area contributed by atoms with Crippen LogP contribution in [-0.4, -0.2) is 30.3 Å². The van der Waals surface area contributed by atoms with E-state index >= 15 is 0 Å². The highest BCUT2D eigenvalue weighted by Crippen LogP contribution is 2.18. The van der Waals surface area contributed by atoms with Crippen LogP contribution in [0.3, 0.4) is 0 Å². The van der Waals surface area contributed by atoms with Gasteiger partial charge in [-0.15, -0.1) is 11.3 Å². The van der Waals surface area contributed by atoms with E-state index in [1.165, 1.54) is 11.3 Å². The predicted molar refractivity (Wildman–Crippen MR) is 96.8 cm³/mol. The fourth-order valence-corrected chi connectivity index (χ4v) is 3.31. The number of thiophene rings is 1. The lowest BCUT2D eigenvalue weighted by Gasteiger charge is -2.17. The Hall–Kier alpha value is -2.67. The van der Waals surface area contributed by atoms with Gasteiger partial charge < -0.3 is 16.0 Å². The van der Waals surface area contributed by atoms with Gasteiger partial charge in [-0.05, 0) is 42.8 Å². The first-order valence-corrected chi connectivity index (χ1v) is 9.05. The van der Waals surface area contributed by atoms with E-state index in [4.69, 9.17) is 0 Å². The molecule has 0 saturated carbocycles. The number of amides is 3. The Kier molecular flexibility index (Phi) is 5.45. The summed E-state index contributed by atoms with van der Waals surface area (Å²) in [5.41, 5.74) is 0.761. The van der Waals surface area contributed by atoms with Gasteiger partial charge in [-0.2, -0.15) is 0 Å². The average molecular weight is 357 g/mol. The van der Waals surface area contributed by atoms with Crippen molar-refractivity contribution in [3.8, 4) is 0 Å². The van der Waals surface area contributed by atoms with Crippen molar-refractivity contribution in [1.29, 1.82) is 0 Å². The molecule has 0 bridgehead atoms. The van der Waals surface area contributed by atoms with Crippen LogP contribution in [0.2, 0.25) is 0 Å². The Balaban J connectivity index is 1.74. The van der Waals surface area contributed by atoms with Crippen molar-refractivity contribution in [2.24, 2.45) is 0 Å². The Bertz CT molecular complexity index is 774. The summed E-state index contributed by atoms with van der Waals surface area (Å²) in [6, 6.07) is 9.75. The van der Waals surface area contributed by atoms with E-state index in [1.54, 1.807) is 36.4 Å². The van der Waals surface area contributed by atoms with Crippen molar-refractivity contribution < 1.29 is 14.4 Å². The molecule has 25 heavy (non-hydrogen) atoms. The molecular formula is C18H19N3O3S. The first kappa shape index (κ1) is 17.2. The number of benzene rings is 1. The lowest BCUT2D eigenvalue weighted by Crippen LogP contribution is -2.45. The van der Waals surface area contributed by atoms with Gasteiger partial charge in [-0.1, -0.05) is 18.2 Å². The monoisotopic (exact) mass is 357 g/mol. The Labute approximate surface area is 149 Å². The van der Waals surface area contributed by atoms with Gasteiger partial charge in [-0.3, -0.25) is 14.4 Å². The molecule has 0 aliphatic carbocycles. The molecular weight excluding hydrogens is 338 g/mol. The summed E-state index contributed by atoms with van der Waals surface area (Å²) in [4.78, 5) is 37.4. The van der Waals surface area contributed by atoms with Gasteiger partial charge in [0.25, 0.3) is 11.8 Å². The zero-order chi connectivity index (χ0) is 17.6. The average Bonchev–Trinajstić information content (AvgIpc) is 3.08. The minimum Gasteiger partial charge on any atom is -0.354 e. The Morgan fingerprint density at radius 3 is 2.72 bits per heavy atom. The molecule has 6 nitrogen and oxygen atoms in total. The predicted octanol–water partition coefficient (Wildman–Crippen LogP) is 2.40. The van der Waals surface area contributed by atoms with Crippen molar-refractivity contribution in [3.63, 3.8) is 0 Å². The van der Waals surface area contributed by atoms with Crippen molar-refractivity contribution >= 4 is 34.7 Å². The molecule has 0 radical (unpaired) electrons. The van der Waals surface area contributed by atoms with Crippen LogP contribution in [0, 0.1) is 0 Å². The van der Waals surface area contributed by atoms with Crippen molar-refractivity contribution in [2.45, 2.75) is 25.3 Å². The molecule has 1 aliphatic heterocycles. The topological polar surface area (TPSA) is 87.3 Å². The highest BCUT2D eigenvalue weighted by Gasteiger charge is 2.24. The molecule has 7 heteroatoms. The van der Waals surface area contributed by atoms with Gasteiger partial charge in [-0.25, -0.2) is 0 Å². The highest BCUT2D eigenvalue weighted by atomic mass is 32.1. The highest BCUT2D eigenvalue weighted by molar-refractivity contribution is 7.12. The SMILES string of the molecule is O=C(Nc1ccccc1C(=O)N[C@@H]1CCCCNC1=O)c1cccs1. The minimum atomic E-state index is -0.545. The van der Waals surface area contributed by atoms with Crippen LogP contribution < -0.4 is 16.0 Å². The molecule has 1 aromatic heterocycles. The molecule has 130 valence electrons. The van der Waals surface area contributed by atoms with E-state index in [0.29, 0.717) is 29.1 Å². The number of anilines is 1. The number of carbonyl (C=O) groups excluding carboxylic acids is 3. The minimum absolute atomic E-state index is 0.161. The second-order valence-electron chi connectivity index (χ2n) is 5.79. The summed E-state index contributed by atoms with van der Waals surface area (Å²) in [5.74, 6) is -0.794. The molecule has 1 aromatic carbocycles. The van der Waals surface area contributed by atoms with Crippen LogP contribution in [0.15, 0.2) is 41.8 Å². The first-order chi connectivity index (χ1) is 12.1.